The minimum Gasteiger partial charge on any atom is -0.398 e. The topological polar surface area (TPSA) is 171 Å². The summed E-state index contributed by atoms with van der Waals surface area (Å²) >= 11 is 0. The lowest BCUT2D eigenvalue weighted by Crippen LogP contribution is -2.40. The van der Waals surface area contributed by atoms with Crippen molar-refractivity contribution in [2.45, 2.75) is 23.8 Å². The van der Waals surface area contributed by atoms with Crippen LogP contribution in [-0.2, 0) is 9.84 Å². The fourth-order valence-corrected chi connectivity index (χ4v) is 3.53. The second-order valence-corrected chi connectivity index (χ2v) is 7.83. The third kappa shape index (κ3) is 3.95. The summed E-state index contributed by atoms with van der Waals surface area (Å²) in [6.07, 6.45) is 2.57. The Labute approximate surface area is 140 Å². The minimum atomic E-state index is -3.59. The van der Waals surface area contributed by atoms with E-state index < -0.39 is 21.7 Å². The van der Waals surface area contributed by atoms with E-state index in [4.69, 9.17) is 22.9 Å². The van der Waals surface area contributed by atoms with E-state index in [9.17, 15) is 13.2 Å². The van der Waals surface area contributed by atoms with Crippen LogP contribution >= 0.6 is 0 Å². The average Bonchev–Trinajstić information content (AvgIpc) is 2.45. The maximum Gasteiger partial charge on any atom is 0.282 e. The highest BCUT2D eigenvalue weighted by Crippen LogP contribution is 2.32. The lowest BCUT2D eigenvalue weighted by atomic mass is 10.0. The summed E-state index contributed by atoms with van der Waals surface area (Å²) in [4.78, 5) is 17.4. The molecule has 0 aliphatic carbocycles. The predicted octanol–water partition coefficient (Wildman–Crippen LogP) is -0.987. The van der Waals surface area contributed by atoms with Gasteiger partial charge in [-0.15, -0.1) is 0 Å². The van der Waals surface area contributed by atoms with Gasteiger partial charge in [-0.2, -0.15) is 4.99 Å². The maximum absolute atomic E-state index is 12.2. The fraction of sp³-hybridized carbons (Fsp3) is 0.429. The lowest BCUT2D eigenvalue weighted by Gasteiger charge is -2.33. The highest BCUT2D eigenvalue weighted by atomic mass is 32.2. The van der Waals surface area contributed by atoms with Crippen molar-refractivity contribution in [2.75, 3.05) is 30.0 Å². The molecule has 1 amide bonds. The van der Waals surface area contributed by atoms with Crippen molar-refractivity contribution in [2.24, 2.45) is 22.2 Å². The van der Waals surface area contributed by atoms with E-state index in [1.807, 2.05) is 4.90 Å². The maximum atomic E-state index is 12.2. The number of carbonyl (C=O) groups is 1. The Morgan fingerprint density at radius 2 is 1.83 bits per heavy atom. The van der Waals surface area contributed by atoms with Gasteiger partial charge in [-0.1, -0.05) is 0 Å². The number of hydrogen-bond donors (Lipinski definition) is 4. The molecule has 1 aromatic rings. The van der Waals surface area contributed by atoms with Crippen LogP contribution in [-0.4, -0.2) is 45.7 Å². The van der Waals surface area contributed by atoms with Crippen molar-refractivity contribution >= 4 is 33.1 Å². The standard InChI is InChI=1S/C14H22N6O3S/c1-24(22,23)12-6-9(13(21)19-14(17)18)10(16)7-11(12)20-4-2-8(15)3-5-20/h6-8H,2-5,15-16H2,1H3,(H4,17,18,19,21). The van der Waals surface area contributed by atoms with Crippen LogP contribution in [0.3, 0.4) is 0 Å². The number of rotatable bonds is 3. The Balaban J connectivity index is 2.54. The first-order valence-electron chi connectivity index (χ1n) is 7.37. The summed E-state index contributed by atoms with van der Waals surface area (Å²) in [5.74, 6) is -1.21. The number of nitrogen functional groups attached to an aromatic ring is 1. The quantitative estimate of drug-likeness (QED) is 0.304. The van der Waals surface area contributed by atoms with Gasteiger partial charge in [-0.25, -0.2) is 8.42 Å². The number of guanidine groups is 1. The van der Waals surface area contributed by atoms with Gasteiger partial charge in [0.1, 0.15) is 0 Å². The molecule has 2 rings (SSSR count). The van der Waals surface area contributed by atoms with E-state index in [1.165, 1.54) is 12.1 Å². The monoisotopic (exact) mass is 354 g/mol. The highest BCUT2D eigenvalue weighted by molar-refractivity contribution is 7.90. The number of piperidine rings is 1. The van der Waals surface area contributed by atoms with Gasteiger partial charge in [0.15, 0.2) is 15.8 Å². The van der Waals surface area contributed by atoms with Crippen LogP contribution < -0.4 is 27.8 Å². The third-order valence-electron chi connectivity index (χ3n) is 3.87. The van der Waals surface area contributed by atoms with Crippen LogP contribution in [0.1, 0.15) is 23.2 Å². The molecule has 8 N–H and O–H groups in total. The number of nitrogens with two attached hydrogens (primary N) is 4. The Kier molecular flexibility index (Phi) is 4.99. The van der Waals surface area contributed by atoms with Crippen molar-refractivity contribution in [3.8, 4) is 0 Å². The molecule has 10 heteroatoms. The molecule has 1 aliphatic heterocycles. The van der Waals surface area contributed by atoms with Crippen molar-refractivity contribution in [1.29, 1.82) is 0 Å². The fourth-order valence-electron chi connectivity index (χ4n) is 2.63. The molecule has 132 valence electrons. The zero-order valence-corrected chi connectivity index (χ0v) is 14.2. The largest absolute Gasteiger partial charge is 0.398 e. The van der Waals surface area contributed by atoms with Crippen LogP contribution in [0, 0.1) is 0 Å². The highest BCUT2D eigenvalue weighted by Gasteiger charge is 2.25. The number of sulfone groups is 1. The Hall–Kier alpha value is -2.33. The first-order valence-corrected chi connectivity index (χ1v) is 9.27. The number of amides is 1. The molecule has 24 heavy (non-hydrogen) atoms. The van der Waals surface area contributed by atoms with Gasteiger partial charge in [-0.3, -0.25) is 4.79 Å². The van der Waals surface area contributed by atoms with Crippen LogP contribution in [0.2, 0.25) is 0 Å². The summed E-state index contributed by atoms with van der Waals surface area (Å²) < 4.78 is 24.4. The van der Waals surface area contributed by atoms with Crippen molar-refractivity contribution in [3.63, 3.8) is 0 Å². The van der Waals surface area contributed by atoms with E-state index in [0.29, 0.717) is 18.8 Å². The number of benzene rings is 1. The Bertz CT molecular complexity index is 778. The molecular weight excluding hydrogens is 332 g/mol. The van der Waals surface area contributed by atoms with E-state index >= 15 is 0 Å². The Morgan fingerprint density at radius 1 is 1.25 bits per heavy atom. The molecule has 0 atom stereocenters. The van der Waals surface area contributed by atoms with E-state index in [1.54, 1.807) is 0 Å². The molecule has 1 saturated heterocycles. The van der Waals surface area contributed by atoms with E-state index in [2.05, 4.69) is 4.99 Å². The Morgan fingerprint density at radius 3 is 2.33 bits per heavy atom. The van der Waals surface area contributed by atoms with Gasteiger partial charge in [0.25, 0.3) is 5.91 Å². The van der Waals surface area contributed by atoms with Gasteiger partial charge >= 0.3 is 0 Å². The smallest absolute Gasteiger partial charge is 0.282 e. The number of aliphatic imine (C=N–C) groups is 1. The lowest BCUT2D eigenvalue weighted by molar-refractivity contribution is 0.100. The number of anilines is 2. The van der Waals surface area contributed by atoms with E-state index in [0.717, 1.165) is 19.1 Å². The average molecular weight is 354 g/mol. The van der Waals surface area contributed by atoms with Crippen LogP contribution in [0.5, 0.6) is 0 Å². The second-order valence-electron chi connectivity index (χ2n) is 5.85. The molecule has 0 saturated carbocycles. The number of nitrogens with zero attached hydrogens (tertiary/aromatic N) is 2. The van der Waals surface area contributed by atoms with Crippen LogP contribution in [0.15, 0.2) is 22.0 Å². The molecule has 0 radical (unpaired) electrons. The van der Waals surface area contributed by atoms with Crippen LogP contribution in [0.25, 0.3) is 0 Å². The van der Waals surface area contributed by atoms with Gasteiger partial charge in [0.2, 0.25) is 0 Å². The van der Waals surface area contributed by atoms with Gasteiger partial charge in [0, 0.05) is 31.1 Å². The van der Waals surface area contributed by atoms with Gasteiger partial charge < -0.3 is 27.8 Å². The molecular formula is C14H22N6O3S. The van der Waals surface area contributed by atoms with Crippen molar-refractivity contribution < 1.29 is 13.2 Å². The molecule has 0 unspecified atom stereocenters. The molecule has 0 spiro atoms. The summed E-state index contributed by atoms with van der Waals surface area (Å²) in [5, 5.41) is 0. The molecule has 0 aromatic heterocycles. The molecule has 1 heterocycles. The van der Waals surface area contributed by atoms with Crippen molar-refractivity contribution in [1.82, 2.24) is 0 Å². The molecule has 9 nitrogen and oxygen atoms in total. The summed E-state index contributed by atoms with van der Waals surface area (Å²) in [6, 6.07) is 2.80. The minimum absolute atomic E-state index is 0.0151. The summed E-state index contributed by atoms with van der Waals surface area (Å²) in [6.45, 7) is 1.23. The number of hydrogen-bond acceptors (Lipinski definition) is 6. The normalized spacial score (nSPS) is 16.0. The predicted molar refractivity (Wildman–Crippen MR) is 93.5 cm³/mol. The number of carbonyl (C=O) groups excluding carboxylic acids is 1. The van der Waals surface area contributed by atoms with Crippen molar-refractivity contribution in [3.05, 3.63) is 17.7 Å². The van der Waals surface area contributed by atoms with Crippen LogP contribution in [0.4, 0.5) is 11.4 Å². The second kappa shape index (κ2) is 6.65. The molecule has 0 bridgehead atoms. The molecule has 1 aliphatic rings. The first-order chi connectivity index (χ1) is 11.1. The molecule has 1 fully saturated rings. The SMILES string of the molecule is CS(=O)(=O)c1cc(C(=O)N=C(N)N)c(N)cc1N1CCC(N)CC1. The third-order valence-corrected chi connectivity index (χ3v) is 5.00. The first kappa shape index (κ1) is 18.0. The van der Waals surface area contributed by atoms with Gasteiger partial charge in [0.05, 0.1) is 16.1 Å². The summed E-state index contributed by atoms with van der Waals surface area (Å²) in [7, 11) is -3.59. The van der Waals surface area contributed by atoms with Gasteiger partial charge in [-0.05, 0) is 25.0 Å². The summed E-state index contributed by atoms with van der Waals surface area (Å²) in [5.41, 5.74) is 22.7. The zero-order valence-electron chi connectivity index (χ0n) is 13.4. The van der Waals surface area contributed by atoms with E-state index in [-0.39, 0.29) is 22.2 Å². The zero-order chi connectivity index (χ0) is 18.1. The molecule has 1 aromatic carbocycles.